The molecule has 0 aromatic rings. The van der Waals surface area contributed by atoms with Crippen molar-refractivity contribution in [1.82, 2.24) is 0 Å². The van der Waals surface area contributed by atoms with Crippen molar-refractivity contribution < 1.29 is 60.5 Å². The molecule has 2 aliphatic rings. The molecule has 144 valence electrons. The standard InChI is InChI=1S/C12H22O11.H2O/c13-1-3-5(14)8(17)10(19)12(23-3)21-2-4-6(15)7(16)9(18)11(20)22-4;/h3-20H,1-2H2;1H2/t3-,4-,5-,6-,7+,8+,9-,10-,11?,12+;/m1./s1. The van der Waals surface area contributed by atoms with Crippen molar-refractivity contribution in [1.29, 1.82) is 0 Å². The molecule has 2 heterocycles. The van der Waals surface area contributed by atoms with E-state index in [-0.39, 0.29) is 5.48 Å². The topological polar surface area (TPSA) is 221 Å². The zero-order valence-electron chi connectivity index (χ0n) is 12.5. The van der Waals surface area contributed by atoms with Crippen molar-refractivity contribution in [3.63, 3.8) is 0 Å². The van der Waals surface area contributed by atoms with E-state index in [9.17, 15) is 35.7 Å². The highest BCUT2D eigenvalue weighted by molar-refractivity contribution is 4.91. The first-order valence-corrected chi connectivity index (χ1v) is 7.07. The second kappa shape index (κ2) is 8.75. The summed E-state index contributed by atoms with van der Waals surface area (Å²) in [6, 6.07) is 0. The zero-order valence-corrected chi connectivity index (χ0v) is 12.5. The molecule has 0 aromatic carbocycles. The van der Waals surface area contributed by atoms with E-state index in [0.717, 1.165) is 0 Å². The van der Waals surface area contributed by atoms with E-state index in [1.165, 1.54) is 0 Å². The molecule has 10 N–H and O–H groups in total. The van der Waals surface area contributed by atoms with Gasteiger partial charge in [0.2, 0.25) is 0 Å². The number of hydrogen-bond donors (Lipinski definition) is 8. The molecule has 2 aliphatic heterocycles. The summed E-state index contributed by atoms with van der Waals surface area (Å²) in [5, 5.41) is 76.1. The predicted octanol–water partition coefficient (Wildman–Crippen LogP) is -6.22. The van der Waals surface area contributed by atoms with Crippen LogP contribution < -0.4 is 0 Å². The van der Waals surface area contributed by atoms with Gasteiger partial charge >= 0.3 is 0 Å². The van der Waals surface area contributed by atoms with Crippen molar-refractivity contribution in [2.24, 2.45) is 0 Å². The molecule has 24 heavy (non-hydrogen) atoms. The monoisotopic (exact) mass is 360 g/mol. The molecular weight excluding hydrogens is 336 g/mol. The molecule has 1 unspecified atom stereocenters. The van der Waals surface area contributed by atoms with Gasteiger partial charge in [0.25, 0.3) is 0 Å². The molecule has 0 aliphatic carbocycles. The Morgan fingerprint density at radius 3 is 1.79 bits per heavy atom. The molecule has 2 saturated heterocycles. The minimum atomic E-state index is -1.74. The summed E-state index contributed by atoms with van der Waals surface area (Å²) in [7, 11) is 0. The first-order chi connectivity index (χ1) is 10.8. The van der Waals surface area contributed by atoms with E-state index in [1.807, 2.05) is 0 Å². The van der Waals surface area contributed by atoms with Gasteiger partial charge in [0.15, 0.2) is 12.6 Å². The third kappa shape index (κ3) is 4.19. The van der Waals surface area contributed by atoms with E-state index >= 15 is 0 Å². The van der Waals surface area contributed by atoms with Gasteiger partial charge in [0.1, 0.15) is 48.8 Å². The summed E-state index contributed by atoms with van der Waals surface area (Å²) in [4.78, 5) is 0. The lowest BCUT2D eigenvalue weighted by Crippen LogP contribution is -2.61. The van der Waals surface area contributed by atoms with Crippen molar-refractivity contribution in [3.8, 4) is 0 Å². The molecule has 2 fully saturated rings. The maximum atomic E-state index is 9.78. The highest BCUT2D eigenvalue weighted by atomic mass is 16.7. The van der Waals surface area contributed by atoms with Crippen molar-refractivity contribution in [3.05, 3.63) is 0 Å². The number of aliphatic hydroxyl groups excluding tert-OH is 8. The Morgan fingerprint density at radius 1 is 0.667 bits per heavy atom. The van der Waals surface area contributed by atoms with Crippen LogP contribution in [0.5, 0.6) is 0 Å². The third-order valence-corrected chi connectivity index (χ3v) is 3.96. The lowest BCUT2D eigenvalue weighted by Gasteiger charge is -2.41. The van der Waals surface area contributed by atoms with Crippen LogP contribution in [-0.4, -0.2) is 121 Å². The molecule has 12 nitrogen and oxygen atoms in total. The van der Waals surface area contributed by atoms with Crippen LogP contribution in [0.2, 0.25) is 0 Å². The summed E-state index contributed by atoms with van der Waals surface area (Å²) < 4.78 is 15.1. The van der Waals surface area contributed by atoms with Crippen molar-refractivity contribution in [2.75, 3.05) is 13.2 Å². The predicted molar refractivity (Wildman–Crippen MR) is 72.2 cm³/mol. The van der Waals surface area contributed by atoms with Gasteiger partial charge < -0.3 is 60.5 Å². The van der Waals surface area contributed by atoms with Crippen LogP contribution >= 0.6 is 0 Å². The van der Waals surface area contributed by atoms with Gasteiger partial charge in [-0.2, -0.15) is 0 Å². The maximum Gasteiger partial charge on any atom is 0.186 e. The van der Waals surface area contributed by atoms with Gasteiger partial charge in [-0.15, -0.1) is 0 Å². The largest absolute Gasteiger partial charge is 0.412 e. The minimum absolute atomic E-state index is 0. The molecule has 0 aromatic heterocycles. The first-order valence-electron chi connectivity index (χ1n) is 7.07. The quantitative estimate of drug-likeness (QED) is 0.235. The smallest absolute Gasteiger partial charge is 0.186 e. The van der Waals surface area contributed by atoms with Crippen LogP contribution in [-0.2, 0) is 14.2 Å². The fourth-order valence-electron chi connectivity index (χ4n) is 2.46. The second-order valence-electron chi connectivity index (χ2n) is 5.57. The maximum absolute atomic E-state index is 9.78. The van der Waals surface area contributed by atoms with Crippen molar-refractivity contribution >= 4 is 0 Å². The van der Waals surface area contributed by atoms with Crippen LogP contribution in [0.15, 0.2) is 0 Å². The normalized spacial score (nSPS) is 49.5. The molecule has 2 rings (SSSR count). The first kappa shape index (κ1) is 21.6. The lowest BCUT2D eigenvalue weighted by atomic mass is 9.98. The number of rotatable bonds is 4. The summed E-state index contributed by atoms with van der Waals surface area (Å²) >= 11 is 0. The van der Waals surface area contributed by atoms with E-state index in [0.29, 0.717) is 0 Å². The van der Waals surface area contributed by atoms with Crippen molar-refractivity contribution in [2.45, 2.75) is 61.4 Å². The van der Waals surface area contributed by atoms with E-state index in [4.69, 9.17) is 19.3 Å². The Labute approximate surface area is 136 Å². The third-order valence-electron chi connectivity index (χ3n) is 3.96. The molecule has 0 spiro atoms. The highest BCUT2D eigenvalue weighted by Crippen LogP contribution is 2.24. The zero-order chi connectivity index (χ0) is 17.3. The summed E-state index contributed by atoms with van der Waals surface area (Å²) in [6.45, 7) is -1.10. The summed E-state index contributed by atoms with van der Waals surface area (Å²) in [6.07, 6.45) is -15.3. The molecule has 10 atom stereocenters. The SMILES string of the molecule is O.OC[C@H]1O[C@H](OC[C@H]2OC(O)[C@H](O)[C@@H](O)[C@@H]2O)[C@H](O)[C@@H](O)[C@@H]1O. The lowest BCUT2D eigenvalue weighted by molar-refractivity contribution is -0.325. The van der Waals surface area contributed by atoms with E-state index in [2.05, 4.69) is 0 Å². The van der Waals surface area contributed by atoms with Gasteiger partial charge in [-0.1, -0.05) is 0 Å². The highest BCUT2D eigenvalue weighted by Gasteiger charge is 2.46. The van der Waals surface area contributed by atoms with E-state index in [1.54, 1.807) is 0 Å². The van der Waals surface area contributed by atoms with Crippen LogP contribution in [0.25, 0.3) is 0 Å². The Kier molecular flexibility index (Phi) is 7.86. The Balaban J connectivity index is 0.00000288. The molecule has 0 radical (unpaired) electrons. The van der Waals surface area contributed by atoms with Gasteiger partial charge in [-0.05, 0) is 0 Å². The minimum Gasteiger partial charge on any atom is -0.412 e. The summed E-state index contributed by atoms with van der Waals surface area (Å²) in [5.41, 5.74) is 0. The van der Waals surface area contributed by atoms with Gasteiger partial charge in [-0.3, -0.25) is 0 Å². The average molecular weight is 360 g/mol. The Hall–Kier alpha value is -0.480. The van der Waals surface area contributed by atoms with Crippen LogP contribution in [0.3, 0.4) is 0 Å². The number of aliphatic hydroxyl groups is 8. The Bertz CT molecular complexity index is 381. The fraction of sp³-hybridized carbons (Fsp3) is 1.00. The molecular formula is C12H24O12. The molecule has 12 heteroatoms. The fourth-order valence-corrected chi connectivity index (χ4v) is 2.46. The summed E-state index contributed by atoms with van der Waals surface area (Å²) in [5.74, 6) is 0. The van der Waals surface area contributed by atoms with Gasteiger partial charge in [-0.25, -0.2) is 0 Å². The van der Waals surface area contributed by atoms with Gasteiger partial charge in [0.05, 0.1) is 13.2 Å². The second-order valence-corrected chi connectivity index (χ2v) is 5.57. The van der Waals surface area contributed by atoms with E-state index < -0.39 is 74.6 Å². The van der Waals surface area contributed by atoms with Crippen LogP contribution in [0.1, 0.15) is 0 Å². The molecule has 0 saturated carbocycles. The number of hydrogen-bond acceptors (Lipinski definition) is 11. The Morgan fingerprint density at radius 2 is 1.21 bits per heavy atom. The number of ether oxygens (including phenoxy) is 3. The molecule has 0 amide bonds. The van der Waals surface area contributed by atoms with Gasteiger partial charge in [0, 0.05) is 0 Å². The van der Waals surface area contributed by atoms with Crippen LogP contribution in [0, 0.1) is 0 Å². The average Bonchev–Trinajstić information content (AvgIpc) is 2.54. The van der Waals surface area contributed by atoms with Crippen LogP contribution in [0.4, 0.5) is 0 Å². The molecule has 0 bridgehead atoms.